The Morgan fingerprint density at radius 2 is 2.03 bits per heavy atom. The molecular weight excluding hydrogens is 403 g/mol. The van der Waals surface area contributed by atoms with Crippen molar-refractivity contribution >= 4 is 17.5 Å². The first-order valence-electron chi connectivity index (χ1n) is 8.64. The third-order valence-corrected chi connectivity index (χ3v) is 5.03. The maximum atomic E-state index is 13.3. The lowest BCUT2D eigenvalue weighted by molar-refractivity contribution is -0.138. The zero-order chi connectivity index (χ0) is 21.2. The zero-order valence-electron chi connectivity index (χ0n) is 15.4. The molecule has 8 heteroatoms. The summed E-state index contributed by atoms with van der Waals surface area (Å²) in [5.41, 5.74) is -1.84. The standard InChI is InChI=1S/C21H17ClF3N3O/c1-3-11-20(14-7-9-15(22)10-8-14)12-5-4-6-17(20)26-19(29)18-16(21(23,24)25)13-28(2)27-18/h1,4-10,12-13,17H,11H2,2H3,(H,26,29). The van der Waals surface area contributed by atoms with Crippen LogP contribution in [0.4, 0.5) is 13.2 Å². The second kappa shape index (κ2) is 7.80. The molecule has 2 unspecified atom stereocenters. The number of amides is 1. The Labute approximate surface area is 171 Å². The van der Waals surface area contributed by atoms with Gasteiger partial charge in [0, 0.05) is 30.1 Å². The number of nitrogens with zero attached hydrogens (tertiary/aromatic N) is 2. The molecule has 1 aliphatic carbocycles. The number of alkyl halides is 3. The molecule has 150 valence electrons. The molecule has 1 heterocycles. The van der Waals surface area contributed by atoms with E-state index in [4.69, 9.17) is 18.0 Å². The Hall–Kier alpha value is -2.98. The van der Waals surface area contributed by atoms with Gasteiger partial charge in [0.25, 0.3) is 5.91 Å². The maximum Gasteiger partial charge on any atom is 0.420 e. The molecule has 1 aromatic carbocycles. The Morgan fingerprint density at radius 1 is 1.34 bits per heavy atom. The van der Waals surface area contributed by atoms with Crippen molar-refractivity contribution in [3.63, 3.8) is 0 Å². The summed E-state index contributed by atoms with van der Waals surface area (Å²) >= 11 is 5.98. The van der Waals surface area contributed by atoms with Crippen LogP contribution in [0.2, 0.25) is 5.02 Å². The number of hydrogen-bond donors (Lipinski definition) is 1. The van der Waals surface area contributed by atoms with E-state index in [2.05, 4.69) is 16.3 Å². The number of aryl methyl sites for hydroxylation is 1. The molecule has 0 aliphatic heterocycles. The van der Waals surface area contributed by atoms with Crippen LogP contribution in [0.3, 0.4) is 0 Å². The van der Waals surface area contributed by atoms with Crippen molar-refractivity contribution in [2.24, 2.45) is 7.05 Å². The maximum absolute atomic E-state index is 13.3. The van der Waals surface area contributed by atoms with E-state index >= 15 is 0 Å². The van der Waals surface area contributed by atoms with Gasteiger partial charge in [-0.25, -0.2) is 0 Å². The van der Waals surface area contributed by atoms with E-state index in [9.17, 15) is 18.0 Å². The number of allylic oxidation sites excluding steroid dienone is 2. The molecule has 1 amide bonds. The first kappa shape index (κ1) is 20.7. The Bertz CT molecular complexity index is 1020. The summed E-state index contributed by atoms with van der Waals surface area (Å²) < 4.78 is 40.8. The molecule has 1 N–H and O–H groups in total. The third kappa shape index (κ3) is 4.08. The number of aromatic nitrogens is 2. The van der Waals surface area contributed by atoms with Gasteiger partial charge >= 0.3 is 6.18 Å². The van der Waals surface area contributed by atoms with Crippen molar-refractivity contribution in [1.29, 1.82) is 0 Å². The van der Waals surface area contributed by atoms with Crippen LogP contribution in [0, 0.1) is 12.3 Å². The number of carbonyl (C=O) groups excluding carboxylic acids is 1. The third-order valence-electron chi connectivity index (χ3n) is 4.78. The number of nitrogens with one attached hydrogen (secondary N) is 1. The van der Waals surface area contributed by atoms with Crippen LogP contribution in [0.25, 0.3) is 0 Å². The van der Waals surface area contributed by atoms with Crippen LogP contribution < -0.4 is 5.32 Å². The highest BCUT2D eigenvalue weighted by Gasteiger charge is 2.42. The predicted molar refractivity (Wildman–Crippen MR) is 104 cm³/mol. The average Bonchev–Trinajstić information content (AvgIpc) is 3.06. The van der Waals surface area contributed by atoms with Crippen molar-refractivity contribution in [1.82, 2.24) is 15.1 Å². The van der Waals surface area contributed by atoms with Crippen molar-refractivity contribution in [3.05, 3.63) is 76.6 Å². The van der Waals surface area contributed by atoms with E-state index in [0.717, 1.165) is 16.4 Å². The fourth-order valence-corrected chi connectivity index (χ4v) is 3.53. The van der Waals surface area contributed by atoms with Gasteiger partial charge in [0.05, 0.1) is 6.04 Å². The molecule has 0 fully saturated rings. The van der Waals surface area contributed by atoms with Gasteiger partial charge in [-0.2, -0.15) is 18.3 Å². The smallest absolute Gasteiger partial charge is 0.343 e. The summed E-state index contributed by atoms with van der Waals surface area (Å²) in [6.45, 7) is 0. The molecule has 1 aromatic heterocycles. The molecule has 2 aromatic rings. The van der Waals surface area contributed by atoms with Crippen LogP contribution in [-0.2, 0) is 18.6 Å². The average molecular weight is 420 g/mol. The lowest BCUT2D eigenvalue weighted by atomic mass is 9.69. The normalized spacial score (nSPS) is 21.0. The summed E-state index contributed by atoms with van der Waals surface area (Å²) in [6, 6.07) is 6.27. The van der Waals surface area contributed by atoms with Crippen LogP contribution in [0.5, 0.6) is 0 Å². The van der Waals surface area contributed by atoms with E-state index in [1.54, 1.807) is 42.5 Å². The van der Waals surface area contributed by atoms with E-state index in [0.29, 0.717) is 5.02 Å². The van der Waals surface area contributed by atoms with Crippen LogP contribution in [0.1, 0.15) is 28.0 Å². The molecular formula is C21H17ClF3N3O. The molecule has 0 saturated heterocycles. The van der Waals surface area contributed by atoms with Crippen LogP contribution >= 0.6 is 11.6 Å². The number of benzene rings is 1. The van der Waals surface area contributed by atoms with Crippen molar-refractivity contribution in [2.75, 3.05) is 0 Å². The monoisotopic (exact) mass is 419 g/mol. The Kier molecular flexibility index (Phi) is 5.58. The summed E-state index contributed by atoms with van der Waals surface area (Å²) in [4.78, 5) is 12.8. The topological polar surface area (TPSA) is 46.9 Å². The zero-order valence-corrected chi connectivity index (χ0v) is 16.1. The SMILES string of the molecule is C#CCC1(c2ccc(Cl)cc2)C=CC=CC1NC(=O)c1nn(C)cc1C(F)(F)F. The lowest BCUT2D eigenvalue weighted by Crippen LogP contribution is -2.49. The molecule has 0 radical (unpaired) electrons. The minimum absolute atomic E-state index is 0.217. The first-order valence-corrected chi connectivity index (χ1v) is 9.02. The van der Waals surface area contributed by atoms with Gasteiger partial charge in [-0.05, 0) is 17.7 Å². The first-order chi connectivity index (χ1) is 13.7. The molecule has 0 bridgehead atoms. The highest BCUT2D eigenvalue weighted by atomic mass is 35.5. The summed E-state index contributed by atoms with van der Waals surface area (Å²) in [7, 11) is 1.33. The van der Waals surface area contributed by atoms with E-state index in [-0.39, 0.29) is 6.42 Å². The highest BCUT2D eigenvalue weighted by Crippen LogP contribution is 2.37. The minimum atomic E-state index is -4.70. The minimum Gasteiger partial charge on any atom is -0.343 e. The number of rotatable bonds is 4. The van der Waals surface area contributed by atoms with Crippen molar-refractivity contribution in [3.8, 4) is 12.3 Å². The van der Waals surface area contributed by atoms with E-state index in [1.165, 1.54) is 7.05 Å². The van der Waals surface area contributed by atoms with Crippen LogP contribution in [0.15, 0.2) is 54.8 Å². The molecule has 29 heavy (non-hydrogen) atoms. The molecule has 0 spiro atoms. The van der Waals surface area contributed by atoms with E-state index < -0.39 is 34.8 Å². The van der Waals surface area contributed by atoms with Gasteiger partial charge in [0.1, 0.15) is 5.56 Å². The second-order valence-corrected chi connectivity index (χ2v) is 7.12. The molecule has 2 atom stereocenters. The van der Waals surface area contributed by atoms with Crippen LogP contribution in [-0.4, -0.2) is 21.7 Å². The summed E-state index contributed by atoms with van der Waals surface area (Å²) in [5, 5.41) is 6.91. The van der Waals surface area contributed by atoms with Gasteiger partial charge in [-0.15, -0.1) is 12.3 Å². The largest absolute Gasteiger partial charge is 0.420 e. The Morgan fingerprint density at radius 3 is 2.66 bits per heavy atom. The van der Waals surface area contributed by atoms with Gasteiger partial charge in [-0.1, -0.05) is 48.0 Å². The molecule has 3 rings (SSSR count). The second-order valence-electron chi connectivity index (χ2n) is 6.69. The lowest BCUT2D eigenvalue weighted by Gasteiger charge is -2.38. The van der Waals surface area contributed by atoms with E-state index in [1.807, 2.05) is 6.08 Å². The predicted octanol–water partition coefficient (Wildman–Crippen LogP) is 4.28. The number of hydrogen-bond acceptors (Lipinski definition) is 2. The van der Waals surface area contributed by atoms with Gasteiger partial charge in [0.2, 0.25) is 0 Å². The number of carbonyl (C=O) groups is 1. The molecule has 1 aliphatic rings. The molecule has 0 saturated carbocycles. The quantitative estimate of drug-likeness (QED) is 0.752. The fourth-order valence-electron chi connectivity index (χ4n) is 3.40. The van der Waals surface area contributed by atoms with Gasteiger partial charge < -0.3 is 5.32 Å². The fraction of sp³-hybridized carbons (Fsp3) is 0.238. The van der Waals surface area contributed by atoms with Crippen molar-refractivity contribution in [2.45, 2.75) is 24.1 Å². The van der Waals surface area contributed by atoms with Crippen molar-refractivity contribution < 1.29 is 18.0 Å². The van der Waals surface area contributed by atoms with Gasteiger partial charge in [0.15, 0.2) is 5.69 Å². The molecule has 4 nitrogen and oxygen atoms in total. The Balaban J connectivity index is 1.99. The van der Waals surface area contributed by atoms with Gasteiger partial charge in [-0.3, -0.25) is 9.48 Å². The number of terminal acetylenes is 1. The highest BCUT2D eigenvalue weighted by molar-refractivity contribution is 6.30. The summed E-state index contributed by atoms with van der Waals surface area (Å²) in [5.74, 6) is 1.67. The number of halogens is 4. The summed E-state index contributed by atoms with van der Waals surface area (Å²) in [6.07, 6.45) is 8.91.